The number of hydrogen-bond acceptors (Lipinski definition) is 6. The average molecular weight is 353 g/mol. The van der Waals surface area contributed by atoms with Crippen LogP contribution in [0.5, 0.6) is 0 Å². The van der Waals surface area contributed by atoms with Crippen molar-refractivity contribution in [3.8, 4) is 11.5 Å². The molecule has 2 bridgehead atoms. The zero-order valence-electron chi connectivity index (χ0n) is 14.7. The van der Waals surface area contributed by atoms with Crippen LogP contribution in [0.1, 0.15) is 31.2 Å². The number of nitrogen functional groups attached to an aromatic ring is 1. The van der Waals surface area contributed by atoms with Crippen molar-refractivity contribution in [1.29, 1.82) is 5.41 Å². The molecule has 2 fully saturated rings. The van der Waals surface area contributed by atoms with Crippen LogP contribution in [0, 0.1) is 5.41 Å². The van der Waals surface area contributed by atoms with Gasteiger partial charge in [-0.1, -0.05) is 0 Å². The topological polar surface area (TPSA) is 108 Å². The molecule has 0 radical (unpaired) electrons. The van der Waals surface area contributed by atoms with Gasteiger partial charge in [0.05, 0.1) is 6.20 Å². The fourth-order valence-electron chi connectivity index (χ4n) is 4.20. The molecule has 7 heteroatoms. The number of oxazole rings is 1. The lowest BCUT2D eigenvalue weighted by atomic mass is 9.97. The normalized spacial score (nSPS) is 25.2. The predicted molar refractivity (Wildman–Crippen MR) is 98.9 cm³/mol. The lowest BCUT2D eigenvalue weighted by molar-refractivity contribution is -0.115. The Kier molecular flexibility index (Phi) is 4.24. The molecule has 2 aromatic rings. The summed E-state index contributed by atoms with van der Waals surface area (Å²) in [6, 6.07) is 6.32. The first kappa shape index (κ1) is 16.8. The molecule has 0 spiro atoms. The highest BCUT2D eigenvalue weighted by Gasteiger charge is 2.39. The van der Waals surface area contributed by atoms with Crippen LogP contribution in [-0.4, -0.2) is 46.7 Å². The molecule has 0 aliphatic carbocycles. The minimum atomic E-state index is -0.366. The Labute approximate surface area is 152 Å². The summed E-state index contributed by atoms with van der Waals surface area (Å²) < 4.78 is 5.25. The van der Waals surface area contributed by atoms with Crippen LogP contribution in [0.3, 0.4) is 0 Å². The highest BCUT2D eigenvalue weighted by Crippen LogP contribution is 2.34. The van der Waals surface area contributed by atoms with E-state index in [0.717, 1.165) is 18.4 Å². The van der Waals surface area contributed by atoms with Gasteiger partial charge in [0.1, 0.15) is 12.0 Å². The summed E-state index contributed by atoms with van der Waals surface area (Å²) in [7, 11) is 2.17. The molecule has 1 amide bonds. The molecule has 1 aromatic heterocycles. The maximum absolute atomic E-state index is 12.6. The Balaban J connectivity index is 1.45. The largest absolute Gasteiger partial charge is 0.445 e. The van der Waals surface area contributed by atoms with E-state index in [1.807, 2.05) is 0 Å². The highest BCUT2D eigenvalue weighted by molar-refractivity contribution is 6.45. The fraction of sp³-hybridized carbons (Fsp3) is 0.421. The van der Waals surface area contributed by atoms with E-state index in [-0.39, 0.29) is 17.7 Å². The minimum Gasteiger partial charge on any atom is -0.445 e. The lowest BCUT2D eigenvalue weighted by Gasteiger charge is -2.36. The van der Waals surface area contributed by atoms with E-state index in [1.165, 1.54) is 19.1 Å². The van der Waals surface area contributed by atoms with Gasteiger partial charge in [-0.2, -0.15) is 0 Å². The SMILES string of the molecule is CN1C2CCC1CC(NC(=O)C(=N)c1ccc(-c3ncco3)cc1N)C2. The molecule has 3 heterocycles. The molecule has 0 saturated carbocycles. The second-order valence-corrected chi connectivity index (χ2v) is 7.21. The molecular formula is C19H23N5O2. The summed E-state index contributed by atoms with van der Waals surface area (Å²) in [4.78, 5) is 19.1. The first-order valence-electron chi connectivity index (χ1n) is 8.94. The van der Waals surface area contributed by atoms with Crippen molar-refractivity contribution in [2.75, 3.05) is 12.8 Å². The molecule has 4 rings (SSSR count). The number of rotatable bonds is 4. The number of nitrogens with zero attached hydrogens (tertiary/aromatic N) is 2. The van der Waals surface area contributed by atoms with Gasteiger partial charge >= 0.3 is 0 Å². The van der Waals surface area contributed by atoms with Crippen molar-refractivity contribution in [3.05, 3.63) is 36.2 Å². The number of anilines is 1. The minimum absolute atomic E-state index is 0.104. The summed E-state index contributed by atoms with van der Waals surface area (Å²) in [5.41, 5.74) is 7.48. The molecular weight excluding hydrogens is 330 g/mol. The van der Waals surface area contributed by atoms with Gasteiger partial charge in [0.25, 0.3) is 5.91 Å². The second kappa shape index (κ2) is 6.57. The van der Waals surface area contributed by atoms with Gasteiger partial charge in [-0.25, -0.2) is 4.98 Å². The van der Waals surface area contributed by atoms with Crippen LogP contribution in [-0.2, 0) is 4.79 Å². The van der Waals surface area contributed by atoms with Gasteiger partial charge in [-0.05, 0) is 50.9 Å². The van der Waals surface area contributed by atoms with Crippen LogP contribution in [0.2, 0.25) is 0 Å². The number of benzene rings is 1. The number of carbonyl (C=O) groups excluding carboxylic acids is 1. The van der Waals surface area contributed by atoms with Gasteiger partial charge in [-0.3, -0.25) is 10.2 Å². The number of aromatic nitrogens is 1. The van der Waals surface area contributed by atoms with Crippen molar-refractivity contribution >= 4 is 17.3 Å². The van der Waals surface area contributed by atoms with Crippen molar-refractivity contribution < 1.29 is 9.21 Å². The van der Waals surface area contributed by atoms with Crippen molar-refractivity contribution in [3.63, 3.8) is 0 Å². The predicted octanol–water partition coefficient (Wildman–Crippen LogP) is 2.03. The van der Waals surface area contributed by atoms with Crippen molar-refractivity contribution in [1.82, 2.24) is 15.2 Å². The fourth-order valence-corrected chi connectivity index (χ4v) is 4.20. The van der Waals surface area contributed by atoms with Crippen LogP contribution in [0.25, 0.3) is 11.5 Å². The molecule has 26 heavy (non-hydrogen) atoms. The van der Waals surface area contributed by atoms with Gasteiger partial charge in [0.15, 0.2) is 0 Å². The smallest absolute Gasteiger partial charge is 0.270 e. The van der Waals surface area contributed by atoms with E-state index in [0.29, 0.717) is 29.2 Å². The molecule has 2 aliphatic heterocycles. The van der Waals surface area contributed by atoms with Crippen LogP contribution in [0.15, 0.2) is 35.1 Å². The maximum atomic E-state index is 12.6. The summed E-state index contributed by atoms with van der Waals surface area (Å²) in [5, 5.41) is 11.3. The Hall–Kier alpha value is -2.67. The summed E-state index contributed by atoms with van der Waals surface area (Å²) in [6.45, 7) is 0. The van der Waals surface area contributed by atoms with E-state index in [2.05, 4.69) is 22.2 Å². The Bertz CT molecular complexity index is 818. The second-order valence-electron chi connectivity index (χ2n) is 7.21. The van der Waals surface area contributed by atoms with E-state index >= 15 is 0 Å². The van der Waals surface area contributed by atoms with Crippen LogP contribution < -0.4 is 11.1 Å². The van der Waals surface area contributed by atoms with E-state index in [1.54, 1.807) is 24.4 Å². The Morgan fingerprint density at radius 1 is 1.35 bits per heavy atom. The zero-order chi connectivity index (χ0) is 18.3. The van der Waals surface area contributed by atoms with E-state index < -0.39 is 0 Å². The highest BCUT2D eigenvalue weighted by atomic mass is 16.3. The first-order chi connectivity index (χ1) is 12.5. The monoisotopic (exact) mass is 353 g/mol. The Morgan fingerprint density at radius 3 is 2.69 bits per heavy atom. The lowest BCUT2D eigenvalue weighted by Crippen LogP contribution is -2.50. The molecule has 1 aromatic carbocycles. The third-order valence-electron chi connectivity index (χ3n) is 5.66. The van der Waals surface area contributed by atoms with E-state index in [9.17, 15) is 4.79 Å². The zero-order valence-corrected chi connectivity index (χ0v) is 14.7. The van der Waals surface area contributed by atoms with Gasteiger partial charge in [-0.15, -0.1) is 0 Å². The molecule has 7 nitrogen and oxygen atoms in total. The maximum Gasteiger partial charge on any atom is 0.270 e. The number of carbonyl (C=O) groups is 1. The number of amides is 1. The average Bonchev–Trinajstić information content (AvgIpc) is 3.21. The van der Waals surface area contributed by atoms with Gasteiger partial charge in [0, 0.05) is 34.9 Å². The Morgan fingerprint density at radius 2 is 2.08 bits per heavy atom. The molecule has 136 valence electrons. The number of nitrogens with two attached hydrogens (primary N) is 1. The van der Waals surface area contributed by atoms with Crippen molar-refractivity contribution in [2.24, 2.45) is 0 Å². The summed E-state index contributed by atoms with van der Waals surface area (Å²) >= 11 is 0. The first-order valence-corrected chi connectivity index (χ1v) is 8.94. The van der Waals surface area contributed by atoms with Gasteiger partial charge < -0.3 is 20.4 Å². The summed E-state index contributed by atoms with van der Waals surface area (Å²) in [5.74, 6) is 0.0931. The van der Waals surface area contributed by atoms with Crippen molar-refractivity contribution in [2.45, 2.75) is 43.8 Å². The standard InChI is InChI=1S/C19H23N5O2/c1-24-13-3-4-14(24)10-12(9-13)23-18(25)17(21)15-5-2-11(8-16(15)20)19-22-6-7-26-19/h2,5-8,12-14,21H,3-4,9-10,20H2,1H3,(H,23,25). The molecule has 4 N–H and O–H groups in total. The summed E-state index contributed by atoms with van der Waals surface area (Å²) in [6.07, 6.45) is 7.34. The third kappa shape index (κ3) is 2.99. The van der Waals surface area contributed by atoms with Crippen LogP contribution in [0.4, 0.5) is 5.69 Å². The molecule has 2 saturated heterocycles. The van der Waals surface area contributed by atoms with Gasteiger partial charge in [0.2, 0.25) is 5.89 Å². The third-order valence-corrected chi connectivity index (χ3v) is 5.66. The number of nitrogens with one attached hydrogen (secondary N) is 2. The quantitative estimate of drug-likeness (QED) is 0.576. The number of fused-ring (bicyclic) bond motifs is 2. The number of hydrogen-bond donors (Lipinski definition) is 3. The molecule has 2 atom stereocenters. The number of piperidine rings is 1. The van der Waals surface area contributed by atoms with Crippen LogP contribution >= 0.6 is 0 Å². The van der Waals surface area contributed by atoms with E-state index in [4.69, 9.17) is 15.6 Å². The molecule has 2 unspecified atom stereocenters. The molecule has 2 aliphatic rings.